The molecule has 3 rings (SSSR count). The first-order valence-corrected chi connectivity index (χ1v) is 14.4. The zero-order valence-corrected chi connectivity index (χ0v) is 23.8. The number of benzene rings is 3. The van der Waals surface area contributed by atoms with Crippen molar-refractivity contribution in [3.8, 4) is 0 Å². The number of hydrogen-bond acceptors (Lipinski definition) is 4. The second kappa shape index (κ2) is 13.1. The third-order valence-corrected chi connectivity index (χ3v) is 8.25. The summed E-state index contributed by atoms with van der Waals surface area (Å²) in [6.07, 6.45) is 0.323. The molecule has 2 amide bonds. The van der Waals surface area contributed by atoms with Crippen LogP contribution in [0.1, 0.15) is 32.8 Å². The van der Waals surface area contributed by atoms with Gasteiger partial charge in [0.05, 0.1) is 10.6 Å². The molecule has 0 aliphatic heterocycles. The zero-order valence-electron chi connectivity index (χ0n) is 21.5. The summed E-state index contributed by atoms with van der Waals surface area (Å²) < 4.78 is 28.5. The van der Waals surface area contributed by atoms with E-state index in [2.05, 4.69) is 5.32 Å². The number of rotatable bonds is 11. The second-order valence-corrected chi connectivity index (χ2v) is 11.7. The molecule has 0 aliphatic carbocycles. The van der Waals surface area contributed by atoms with E-state index in [9.17, 15) is 18.0 Å². The lowest BCUT2D eigenvalue weighted by Crippen LogP contribution is -2.53. The maximum Gasteiger partial charge on any atom is 0.264 e. The van der Waals surface area contributed by atoms with Gasteiger partial charge in [0.25, 0.3) is 10.0 Å². The van der Waals surface area contributed by atoms with E-state index in [1.165, 1.54) is 29.2 Å². The number of halogens is 2. The molecule has 0 heterocycles. The topological polar surface area (TPSA) is 86.8 Å². The summed E-state index contributed by atoms with van der Waals surface area (Å²) in [5, 5.41) is 3.70. The standard InChI is InChI=1S/C28H31Cl2N3O4S/c1-4-26(28(35)31-20(2)3)32(18-21-10-8-9-13-25(21)30)27(34)19-33(23-11-6-5-7-12-23)38(36,37)24-16-14-22(29)15-17-24/h5-17,20,26H,4,18-19H2,1-3H3,(H,31,35)/t26-/m1/s1. The first-order chi connectivity index (χ1) is 18.0. The van der Waals surface area contributed by atoms with E-state index in [-0.39, 0.29) is 23.4 Å². The predicted molar refractivity (Wildman–Crippen MR) is 152 cm³/mol. The number of nitrogens with zero attached hydrogens (tertiary/aromatic N) is 2. The van der Waals surface area contributed by atoms with E-state index in [1.807, 2.05) is 13.8 Å². The first-order valence-electron chi connectivity index (χ1n) is 12.2. The number of sulfonamides is 1. The van der Waals surface area contributed by atoms with Crippen molar-refractivity contribution in [2.45, 2.75) is 50.7 Å². The van der Waals surface area contributed by atoms with Gasteiger partial charge in [-0.05, 0) is 68.3 Å². The number of hydrogen-bond donors (Lipinski definition) is 1. The van der Waals surface area contributed by atoms with Crippen LogP contribution < -0.4 is 9.62 Å². The summed E-state index contributed by atoms with van der Waals surface area (Å²) in [7, 11) is -4.15. The Balaban J connectivity index is 2.05. The monoisotopic (exact) mass is 575 g/mol. The molecule has 3 aromatic rings. The summed E-state index contributed by atoms with van der Waals surface area (Å²) >= 11 is 12.4. The van der Waals surface area contributed by atoms with Crippen molar-refractivity contribution in [3.63, 3.8) is 0 Å². The molecule has 0 saturated heterocycles. The van der Waals surface area contributed by atoms with Crippen LogP contribution in [0.3, 0.4) is 0 Å². The van der Waals surface area contributed by atoms with Gasteiger partial charge < -0.3 is 10.2 Å². The largest absolute Gasteiger partial charge is 0.352 e. The van der Waals surface area contributed by atoms with Crippen molar-refractivity contribution in [1.82, 2.24) is 10.2 Å². The number of anilines is 1. The molecular formula is C28H31Cl2N3O4S. The number of carbonyl (C=O) groups excluding carboxylic acids is 2. The van der Waals surface area contributed by atoms with Crippen LogP contribution in [-0.4, -0.2) is 43.8 Å². The van der Waals surface area contributed by atoms with Crippen LogP contribution in [0.2, 0.25) is 10.0 Å². The molecule has 0 bridgehead atoms. The molecule has 0 aromatic heterocycles. The summed E-state index contributed by atoms with van der Waals surface area (Å²) in [5.41, 5.74) is 0.957. The van der Waals surface area contributed by atoms with Gasteiger partial charge in [0.1, 0.15) is 12.6 Å². The van der Waals surface area contributed by atoms with Crippen molar-refractivity contribution in [3.05, 3.63) is 94.5 Å². The Morgan fingerprint density at radius 1 is 0.895 bits per heavy atom. The molecule has 1 N–H and O–H groups in total. The molecule has 0 saturated carbocycles. The van der Waals surface area contributed by atoms with Gasteiger partial charge in [-0.2, -0.15) is 0 Å². The first kappa shape index (κ1) is 29.5. The molecule has 0 fully saturated rings. The lowest BCUT2D eigenvalue weighted by atomic mass is 10.1. The lowest BCUT2D eigenvalue weighted by molar-refractivity contribution is -0.140. The quantitative estimate of drug-likeness (QED) is 0.326. The lowest BCUT2D eigenvalue weighted by Gasteiger charge is -2.33. The zero-order chi connectivity index (χ0) is 27.9. The Hall–Kier alpha value is -3.07. The summed E-state index contributed by atoms with van der Waals surface area (Å²) in [4.78, 5) is 28.5. The molecule has 0 aliphatic rings. The number of amides is 2. The Bertz CT molecular complexity index is 1350. The van der Waals surface area contributed by atoms with E-state index in [4.69, 9.17) is 23.2 Å². The summed E-state index contributed by atoms with van der Waals surface area (Å²) in [6, 6.07) is 20.2. The highest BCUT2D eigenvalue weighted by Crippen LogP contribution is 2.26. The van der Waals surface area contributed by atoms with Crippen molar-refractivity contribution in [2.24, 2.45) is 0 Å². The molecule has 38 heavy (non-hydrogen) atoms. The molecule has 0 spiro atoms. The minimum Gasteiger partial charge on any atom is -0.352 e. The van der Waals surface area contributed by atoms with Crippen LogP contribution in [0, 0.1) is 0 Å². The van der Waals surface area contributed by atoms with E-state index in [0.717, 1.165) is 4.31 Å². The van der Waals surface area contributed by atoms with Gasteiger partial charge in [0.15, 0.2) is 0 Å². The molecule has 0 unspecified atom stereocenters. The fraction of sp³-hybridized carbons (Fsp3) is 0.286. The van der Waals surface area contributed by atoms with E-state index in [1.54, 1.807) is 61.5 Å². The minimum atomic E-state index is -4.15. The van der Waals surface area contributed by atoms with Crippen LogP contribution in [0.5, 0.6) is 0 Å². The predicted octanol–water partition coefficient (Wildman–Crippen LogP) is 5.52. The van der Waals surface area contributed by atoms with Gasteiger partial charge in [0, 0.05) is 22.6 Å². The Morgan fingerprint density at radius 2 is 1.50 bits per heavy atom. The fourth-order valence-electron chi connectivity index (χ4n) is 3.97. The Labute approximate surface area is 234 Å². The average Bonchev–Trinajstić information content (AvgIpc) is 2.88. The molecule has 7 nitrogen and oxygen atoms in total. The van der Waals surface area contributed by atoms with Gasteiger partial charge in [-0.1, -0.05) is 66.5 Å². The van der Waals surface area contributed by atoms with Crippen molar-refractivity contribution < 1.29 is 18.0 Å². The number of carbonyl (C=O) groups is 2. The molecule has 10 heteroatoms. The maximum absolute atomic E-state index is 13.9. The highest BCUT2D eigenvalue weighted by molar-refractivity contribution is 7.92. The minimum absolute atomic E-state index is 0.0131. The van der Waals surface area contributed by atoms with Crippen LogP contribution in [0.25, 0.3) is 0 Å². The SMILES string of the molecule is CC[C@H](C(=O)NC(C)C)N(Cc1ccccc1Cl)C(=O)CN(c1ccccc1)S(=O)(=O)c1ccc(Cl)cc1. The second-order valence-electron chi connectivity index (χ2n) is 9.00. The van der Waals surface area contributed by atoms with Crippen LogP contribution in [-0.2, 0) is 26.2 Å². The highest BCUT2D eigenvalue weighted by atomic mass is 35.5. The maximum atomic E-state index is 13.9. The van der Waals surface area contributed by atoms with Crippen LogP contribution in [0.4, 0.5) is 5.69 Å². The van der Waals surface area contributed by atoms with Crippen LogP contribution >= 0.6 is 23.2 Å². The highest BCUT2D eigenvalue weighted by Gasteiger charge is 2.34. The van der Waals surface area contributed by atoms with Gasteiger partial charge in [-0.3, -0.25) is 13.9 Å². The normalized spacial score (nSPS) is 12.2. The Kier molecular flexibility index (Phi) is 10.2. The molecular weight excluding hydrogens is 545 g/mol. The summed E-state index contributed by atoms with van der Waals surface area (Å²) in [5.74, 6) is -0.869. The van der Waals surface area contributed by atoms with E-state index >= 15 is 0 Å². The van der Waals surface area contributed by atoms with Crippen molar-refractivity contribution in [1.29, 1.82) is 0 Å². The summed E-state index contributed by atoms with van der Waals surface area (Å²) in [6.45, 7) is 4.98. The fourth-order valence-corrected chi connectivity index (χ4v) is 5.70. The van der Waals surface area contributed by atoms with Crippen molar-refractivity contribution in [2.75, 3.05) is 10.8 Å². The van der Waals surface area contributed by atoms with Gasteiger partial charge in [-0.25, -0.2) is 8.42 Å². The van der Waals surface area contributed by atoms with Crippen LogP contribution in [0.15, 0.2) is 83.8 Å². The molecule has 1 atom stereocenters. The van der Waals surface area contributed by atoms with E-state index < -0.39 is 28.5 Å². The van der Waals surface area contributed by atoms with Gasteiger partial charge in [0.2, 0.25) is 11.8 Å². The average molecular weight is 577 g/mol. The van der Waals surface area contributed by atoms with Crippen molar-refractivity contribution >= 4 is 50.7 Å². The van der Waals surface area contributed by atoms with Gasteiger partial charge >= 0.3 is 0 Å². The Morgan fingerprint density at radius 3 is 2.08 bits per heavy atom. The molecule has 0 radical (unpaired) electrons. The number of nitrogens with one attached hydrogen (secondary N) is 1. The smallest absolute Gasteiger partial charge is 0.264 e. The third kappa shape index (κ3) is 7.28. The molecule has 3 aromatic carbocycles. The molecule has 202 valence electrons. The van der Waals surface area contributed by atoms with Gasteiger partial charge in [-0.15, -0.1) is 0 Å². The number of para-hydroxylation sites is 1. The third-order valence-electron chi connectivity index (χ3n) is 5.84. The van der Waals surface area contributed by atoms with E-state index in [0.29, 0.717) is 27.7 Å².